The molecule has 14 heteroatoms. The molecular formula is C15H16F5N5O2S2. The lowest BCUT2D eigenvalue weighted by Crippen LogP contribution is -2.42. The molecule has 0 atom stereocenters. The summed E-state index contributed by atoms with van der Waals surface area (Å²) in [5.41, 5.74) is -1.69. The number of nitrogens with one attached hydrogen (secondary N) is 1. The van der Waals surface area contributed by atoms with E-state index in [1.165, 1.54) is 4.31 Å². The van der Waals surface area contributed by atoms with Crippen LogP contribution in [0.1, 0.15) is 29.8 Å². The number of nitrogens with zero attached hydrogens (tertiary/aromatic N) is 4. The molecule has 1 saturated heterocycles. The summed E-state index contributed by atoms with van der Waals surface area (Å²) in [5, 5.41) is 2.29. The second kappa shape index (κ2) is 8.07. The first-order valence-electron chi connectivity index (χ1n) is 8.35. The Labute approximate surface area is 167 Å². The minimum atomic E-state index is -4.77. The first-order chi connectivity index (χ1) is 13.4. The van der Waals surface area contributed by atoms with Gasteiger partial charge in [-0.2, -0.15) is 13.2 Å². The quantitative estimate of drug-likeness (QED) is 0.693. The Bertz CT molecular complexity index is 972. The molecule has 0 amide bonds. The van der Waals surface area contributed by atoms with E-state index in [0.29, 0.717) is 30.4 Å². The molecule has 160 valence electrons. The minimum absolute atomic E-state index is 0.0993. The molecule has 1 fully saturated rings. The maximum atomic E-state index is 13.3. The van der Waals surface area contributed by atoms with E-state index in [1.54, 1.807) is 0 Å². The smallest absolute Gasteiger partial charge is 0.351 e. The van der Waals surface area contributed by atoms with Crippen LogP contribution in [0.4, 0.5) is 27.9 Å². The lowest BCUT2D eigenvalue weighted by atomic mass is 10.1. The van der Waals surface area contributed by atoms with E-state index in [4.69, 9.17) is 0 Å². The van der Waals surface area contributed by atoms with Crippen LogP contribution in [0.5, 0.6) is 0 Å². The van der Waals surface area contributed by atoms with Gasteiger partial charge in [0, 0.05) is 31.5 Å². The van der Waals surface area contributed by atoms with E-state index in [9.17, 15) is 30.4 Å². The summed E-state index contributed by atoms with van der Waals surface area (Å²) >= 11 is 0.430. The van der Waals surface area contributed by atoms with E-state index in [2.05, 4.69) is 20.3 Å². The first kappa shape index (κ1) is 21.8. The van der Waals surface area contributed by atoms with Crippen LogP contribution in [-0.4, -0.2) is 53.1 Å². The number of rotatable bonds is 5. The molecule has 1 N–H and O–H groups in total. The zero-order valence-electron chi connectivity index (χ0n) is 14.9. The van der Waals surface area contributed by atoms with Crippen LogP contribution in [0.3, 0.4) is 0 Å². The van der Waals surface area contributed by atoms with Crippen molar-refractivity contribution in [3.05, 3.63) is 23.0 Å². The average molecular weight is 457 g/mol. The lowest BCUT2D eigenvalue weighted by Gasteiger charge is -2.30. The topological polar surface area (TPSA) is 88.1 Å². The monoisotopic (exact) mass is 457 g/mol. The van der Waals surface area contributed by atoms with Gasteiger partial charge in [0.25, 0.3) is 6.43 Å². The summed E-state index contributed by atoms with van der Waals surface area (Å²) in [6.07, 6.45) is -4.21. The number of piperidine rings is 1. The van der Waals surface area contributed by atoms with E-state index >= 15 is 0 Å². The molecule has 0 saturated carbocycles. The molecule has 2 aromatic rings. The van der Waals surface area contributed by atoms with Crippen molar-refractivity contribution in [2.24, 2.45) is 0 Å². The van der Waals surface area contributed by atoms with Crippen molar-refractivity contribution in [2.45, 2.75) is 31.5 Å². The molecule has 29 heavy (non-hydrogen) atoms. The Morgan fingerprint density at radius 2 is 1.86 bits per heavy atom. The maximum absolute atomic E-state index is 13.3. The summed E-state index contributed by atoms with van der Waals surface area (Å²) in [6, 6.07) is -0.240. The highest BCUT2D eigenvalue weighted by atomic mass is 32.2. The van der Waals surface area contributed by atoms with Gasteiger partial charge in [-0.05, 0) is 12.8 Å². The van der Waals surface area contributed by atoms with Gasteiger partial charge in [-0.1, -0.05) is 0 Å². The zero-order valence-corrected chi connectivity index (χ0v) is 16.6. The highest BCUT2D eigenvalue weighted by Crippen LogP contribution is 2.39. The number of alkyl halides is 5. The minimum Gasteiger partial charge on any atom is -0.351 e. The molecule has 0 radical (unpaired) electrons. The van der Waals surface area contributed by atoms with Gasteiger partial charge in [-0.15, -0.1) is 11.3 Å². The van der Waals surface area contributed by atoms with Crippen LogP contribution in [-0.2, 0) is 16.2 Å². The fourth-order valence-electron chi connectivity index (χ4n) is 2.86. The van der Waals surface area contributed by atoms with Crippen LogP contribution in [0.2, 0.25) is 0 Å². The zero-order chi connectivity index (χ0) is 21.4. The molecule has 0 aliphatic carbocycles. The summed E-state index contributed by atoms with van der Waals surface area (Å²) in [4.78, 5) is 10.9. The van der Waals surface area contributed by atoms with Crippen LogP contribution in [0, 0.1) is 0 Å². The van der Waals surface area contributed by atoms with Crippen LogP contribution in [0.25, 0.3) is 10.6 Å². The van der Waals surface area contributed by atoms with Gasteiger partial charge >= 0.3 is 6.18 Å². The fourth-order valence-corrected chi connectivity index (χ4v) is 4.51. The number of thiazole rings is 1. The van der Waals surface area contributed by atoms with Crippen LogP contribution in [0.15, 0.2) is 12.4 Å². The van der Waals surface area contributed by atoms with Gasteiger partial charge in [0.05, 0.1) is 16.8 Å². The van der Waals surface area contributed by atoms with Crippen molar-refractivity contribution in [3.63, 3.8) is 0 Å². The predicted molar refractivity (Wildman–Crippen MR) is 96.2 cm³/mol. The predicted octanol–water partition coefficient (Wildman–Crippen LogP) is 3.39. The third-order valence-electron chi connectivity index (χ3n) is 4.29. The maximum Gasteiger partial charge on any atom is 0.420 e. The van der Waals surface area contributed by atoms with E-state index in [0.717, 1.165) is 12.5 Å². The highest BCUT2D eigenvalue weighted by Gasteiger charge is 2.36. The third-order valence-corrected chi connectivity index (χ3v) is 6.61. The molecule has 3 rings (SSSR count). The Kier molecular flexibility index (Phi) is 6.06. The van der Waals surface area contributed by atoms with Crippen molar-refractivity contribution < 1.29 is 30.4 Å². The largest absolute Gasteiger partial charge is 0.420 e. The molecule has 1 aliphatic heterocycles. The van der Waals surface area contributed by atoms with Crippen LogP contribution >= 0.6 is 11.3 Å². The second-order valence-corrected chi connectivity index (χ2v) is 9.44. The van der Waals surface area contributed by atoms with Crippen molar-refractivity contribution in [1.29, 1.82) is 0 Å². The Hall–Kier alpha value is -1.93. The van der Waals surface area contributed by atoms with Gasteiger partial charge in [0.1, 0.15) is 5.56 Å². The van der Waals surface area contributed by atoms with Crippen molar-refractivity contribution in [2.75, 3.05) is 24.7 Å². The SMILES string of the molecule is CS(=O)(=O)N1CCC(Nc2ncc(C(F)(F)F)c(-c3cnc(C(F)F)s3)n2)CC1. The third kappa shape index (κ3) is 5.17. The van der Waals surface area contributed by atoms with Gasteiger partial charge in [-0.3, -0.25) is 0 Å². The van der Waals surface area contributed by atoms with Crippen molar-refractivity contribution in [1.82, 2.24) is 19.3 Å². The summed E-state index contributed by atoms with van der Waals surface area (Å²) in [5.74, 6) is -0.0993. The summed E-state index contributed by atoms with van der Waals surface area (Å²) in [7, 11) is -3.31. The first-order valence-corrected chi connectivity index (χ1v) is 11.0. The molecule has 7 nitrogen and oxygen atoms in total. The average Bonchev–Trinajstić information content (AvgIpc) is 3.11. The number of anilines is 1. The number of aromatic nitrogens is 3. The Morgan fingerprint density at radius 1 is 1.21 bits per heavy atom. The molecule has 3 heterocycles. The Balaban J connectivity index is 1.84. The van der Waals surface area contributed by atoms with E-state index in [1.807, 2.05) is 0 Å². The normalized spacial score (nSPS) is 17.1. The Morgan fingerprint density at radius 3 is 2.38 bits per heavy atom. The van der Waals surface area contributed by atoms with Crippen LogP contribution < -0.4 is 5.32 Å². The molecule has 0 bridgehead atoms. The molecule has 2 aromatic heterocycles. The van der Waals surface area contributed by atoms with E-state index < -0.39 is 38.9 Å². The molecule has 0 spiro atoms. The molecule has 0 unspecified atom stereocenters. The van der Waals surface area contributed by atoms with E-state index in [-0.39, 0.29) is 30.0 Å². The van der Waals surface area contributed by atoms with Crippen molar-refractivity contribution in [3.8, 4) is 10.6 Å². The lowest BCUT2D eigenvalue weighted by molar-refractivity contribution is -0.137. The number of hydrogen-bond donors (Lipinski definition) is 1. The highest BCUT2D eigenvalue weighted by molar-refractivity contribution is 7.88. The summed E-state index contributed by atoms with van der Waals surface area (Å²) < 4.78 is 89.9. The van der Waals surface area contributed by atoms with Crippen molar-refractivity contribution >= 4 is 27.3 Å². The van der Waals surface area contributed by atoms with Gasteiger partial charge in [0.2, 0.25) is 16.0 Å². The number of hydrogen-bond acceptors (Lipinski definition) is 7. The van der Waals surface area contributed by atoms with Gasteiger partial charge < -0.3 is 5.32 Å². The molecular weight excluding hydrogens is 441 g/mol. The molecule has 1 aliphatic rings. The number of sulfonamides is 1. The molecule has 0 aromatic carbocycles. The summed E-state index contributed by atoms with van der Waals surface area (Å²) in [6.45, 7) is 0.521. The standard InChI is InChI=1S/C15H16F5N5O2S2/c1-29(26,27)25-4-2-8(3-5-25)23-14-22-6-9(15(18,19)20)11(24-14)10-7-21-13(28-10)12(16)17/h6-8,12H,2-5H2,1H3,(H,22,23,24). The number of halogens is 5. The second-order valence-electron chi connectivity index (χ2n) is 6.40. The van der Waals surface area contributed by atoms with Gasteiger partial charge in [-0.25, -0.2) is 36.5 Å². The van der Waals surface area contributed by atoms with Gasteiger partial charge in [0.15, 0.2) is 5.01 Å². The fraction of sp³-hybridized carbons (Fsp3) is 0.533.